The fraction of sp³-hybridized carbons (Fsp3) is 0.320. The summed E-state index contributed by atoms with van der Waals surface area (Å²) >= 11 is 0. The predicted octanol–water partition coefficient (Wildman–Crippen LogP) is 4.63. The second kappa shape index (κ2) is 10.6. The third-order valence-electron chi connectivity index (χ3n) is 5.41. The number of anilines is 2. The highest BCUT2D eigenvalue weighted by atomic mass is 16.2. The smallest absolute Gasteiger partial charge is 0.272 e. The Hall–Kier alpha value is -3.41. The number of aryl methyl sites for hydroxylation is 1. The third kappa shape index (κ3) is 6.54. The topological polar surface area (TPSA) is 87.3 Å². The zero-order valence-electron chi connectivity index (χ0n) is 18.0. The van der Waals surface area contributed by atoms with E-state index >= 15 is 0 Å². The molecule has 1 saturated carbocycles. The van der Waals surface area contributed by atoms with Gasteiger partial charge in [0.2, 0.25) is 11.8 Å². The third-order valence-corrected chi connectivity index (χ3v) is 5.41. The number of hydrogen-bond donors (Lipinski definition) is 3. The van der Waals surface area contributed by atoms with Gasteiger partial charge in [-0.15, -0.1) is 0 Å². The second-order valence-corrected chi connectivity index (χ2v) is 7.95. The van der Waals surface area contributed by atoms with Gasteiger partial charge in [0.05, 0.1) is 0 Å². The summed E-state index contributed by atoms with van der Waals surface area (Å²) in [6.45, 7) is 3.30. The zero-order chi connectivity index (χ0) is 22.2. The van der Waals surface area contributed by atoms with Gasteiger partial charge in [-0.2, -0.15) is 0 Å². The first-order chi connectivity index (χ1) is 14.9. The van der Waals surface area contributed by atoms with Gasteiger partial charge in [0, 0.05) is 24.2 Å². The van der Waals surface area contributed by atoms with Gasteiger partial charge in [0.1, 0.15) is 5.70 Å². The Morgan fingerprint density at radius 1 is 0.903 bits per heavy atom. The number of rotatable bonds is 6. The van der Waals surface area contributed by atoms with Gasteiger partial charge in [-0.3, -0.25) is 14.4 Å². The van der Waals surface area contributed by atoms with Crippen molar-refractivity contribution in [3.8, 4) is 0 Å². The predicted molar refractivity (Wildman–Crippen MR) is 123 cm³/mol. The van der Waals surface area contributed by atoms with E-state index in [0.29, 0.717) is 11.4 Å². The lowest BCUT2D eigenvalue weighted by atomic mass is 9.88. The van der Waals surface area contributed by atoms with E-state index in [-0.39, 0.29) is 23.4 Å². The van der Waals surface area contributed by atoms with Crippen molar-refractivity contribution in [1.82, 2.24) is 5.32 Å². The molecule has 1 aliphatic rings. The van der Waals surface area contributed by atoms with E-state index in [9.17, 15) is 14.4 Å². The molecule has 0 aromatic heterocycles. The number of carbonyl (C=O) groups is 3. The molecule has 6 nitrogen and oxygen atoms in total. The molecular formula is C25H29N3O3. The molecule has 3 rings (SSSR count). The van der Waals surface area contributed by atoms with Crippen LogP contribution in [0.15, 0.2) is 54.2 Å². The van der Waals surface area contributed by atoms with Crippen LogP contribution in [0.5, 0.6) is 0 Å². The molecule has 162 valence electrons. The van der Waals surface area contributed by atoms with Crippen molar-refractivity contribution in [3.63, 3.8) is 0 Å². The van der Waals surface area contributed by atoms with Gasteiger partial charge >= 0.3 is 0 Å². The standard InChI is InChI=1S/C25H29N3O3/c1-17-9-6-7-12-20(17)15-23(26-18(2)29)25(31)28-22-14-8-13-21(16-22)27-24(30)19-10-4-3-5-11-19/h6-9,12-16,19H,3-5,10-11H2,1-2H3,(H,26,29)(H,27,30)(H,28,31)/b23-15-. The molecule has 1 aliphatic carbocycles. The van der Waals surface area contributed by atoms with Crippen LogP contribution in [0.2, 0.25) is 0 Å². The largest absolute Gasteiger partial charge is 0.326 e. The minimum atomic E-state index is -0.436. The first kappa shape index (κ1) is 22.3. The Labute approximate surface area is 183 Å². The molecule has 1 fully saturated rings. The van der Waals surface area contributed by atoms with Crippen LogP contribution in [0.4, 0.5) is 11.4 Å². The molecule has 0 unspecified atom stereocenters. The van der Waals surface area contributed by atoms with Crippen LogP contribution < -0.4 is 16.0 Å². The number of nitrogens with one attached hydrogen (secondary N) is 3. The van der Waals surface area contributed by atoms with Crippen LogP contribution in [-0.2, 0) is 14.4 Å². The minimum Gasteiger partial charge on any atom is -0.326 e. The van der Waals surface area contributed by atoms with E-state index < -0.39 is 5.91 Å². The fourth-order valence-electron chi connectivity index (χ4n) is 3.73. The SMILES string of the molecule is CC(=O)N/C(=C\c1ccccc1C)C(=O)Nc1cccc(NC(=O)C2CCCCC2)c1. The maximum absolute atomic E-state index is 12.9. The molecule has 0 spiro atoms. The average molecular weight is 420 g/mol. The Bertz CT molecular complexity index is 991. The average Bonchev–Trinajstić information content (AvgIpc) is 2.75. The van der Waals surface area contributed by atoms with Crippen LogP contribution in [-0.4, -0.2) is 17.7 Å². The molecule has 3 amide bonds. The van der Waals surface area contributed by atoms with Crippen LogP contribution in [0.3, 0.4) is 0 Å². The summed E-state index contributed by atoms with van der Waals surface area (Å²) < 4.78 is 0. The maximum Gasteiger partial charge on any atom is 0.272 e. The summed E-state index contributed by atoms with van der Waals surface area (Å²) in [6.07, 6.45) is 6.87. The summed E-state index contributed by atoms with van der Waals surface area (Å²) in [5.41, 5.74) is 3.16. The molecule has 0 saturated heterocycles. The van der Waals surface area contributed by atoms with Crippen molar-refractivity contribution in [2.45, 2.75) is 46.0 Å². The Morgan fingerprint density at radius 2 is 1.58 bits per heavy atom. The molecule has 2 aromatic carbocycles. The zero-order valence-corrected chi connectivity index (χ0v) is 18.0. The number of benzene rings is 2. The lowest BCUT2D eigenvalue weighted by molar-refractivity contribution is -0.121. The number of amides is 3. The van der Waals surface area contributed by atoms with E-state index in [0.717, 1.165) is 36.8 Å². The Morgan fingerprint density at radius 3 is 2.26 bits per heavy atom. The molecule has 0 aliphatic heterocycles. The van der Waals surface area contributed by atoms with Crippen molar-refractivity contribution >= 4 is 35.2 Å². The van der Waals surface area contributed by atoms with Gasteiger partial charge in [-0.05, 0) is 55.2 Å². The Balaban J connectivity index is 1.73. The summed E-state index contributed by atoms with van der Waals surface area (Å²) in [5.74, 6) is -0.685. The molecule has 0 heterocycles. The Kier molecular flexibility index (Phi) is 7.60. The summed E-state index contributed by atoms with van der Waals surface area (Å²) in [5, 5.41) is 8.37. The van der Waals surface area contributed by atoms with Crippen molar-refractivity contribution in [3.05, 3.63) is 65.4 Å². The van der Waals surface area contributed by atoms with E-state index in [1.807, 2.05) is 31.2 Å². The number of hydrogen-bond acceptors (Lipinski definition) is 3. The molecular weight excluding hydrogens is 390 g/mol. The quantitative estimate of drug-likeness (QED) is 0.597. The fourth-order valence-corrected chi connectivity index (χ4v) is 3.73. The van der Waals surface area contributed by atoms with Gasteiger partial charge in [-0.1, -0.05) is 49.6 Å². The first-order valence-electron chi connectivity index (χ1n) is 10.7. The highest BCUT2D eigenvalue weighted by molar-refractivity contribution is 6.08. The van der Waals surface area contributed by atoms with Gasteiger partial charge in [0.25, 0.3) is 5.91 Å². The molecule has 3 N–H and O–H groups in total. The highest BCUT2D eigenvalue weighted by Crippen LogP contribution is 2.25. The monoisotopic (exact) mass is 419 g/mol. The summed E-state index contributed by atoms with van der Waals surface area (Å²) in [7, 11) is 0. The van der Waals surface area contributed by atoms with Crippen molar-refractivity contribution < 1.29 is 14.4 Å². The van der Waals surface area contributed by atoms with Crippen molar-refractivity contribution in [2.75, 3.05) is 10.6 Å². The minimum absolute atomic E-state index is 0.0292. The van der Waals surface area contributed by atoms with Gasteiger partial charge < -0.3 is 16.0 Å². The summed E-state index contributed by atoms with van der Waals surface area (Å²) in [4.78, 5) is 37.0. The summed E-state index contributed by atoms with van der Waals surface area (Å²) in [6, 6.07) is 14.6. The molecule has 0 atom stereocenters. The van der Waals surface area contributed by atoms with Crippen molar-refractivity contribution in [1.29, 1.82) is 0 Å². The van der Waals surface area contributed by atoms with Gasteiger partial charge in [-0.25, -0.2) is 0 Å². The first-order valence-corrected chi connectivity index (χ1v) is 10.7. The van der Waals surface area contributed by atoms with Crippen LogP contribution in [0, 0.1) is 12.8 Å². The van der Waals surface area contributed by atoms with Crippen LogP contribution in [0.25, 0.3) is 6.08 Å². The number of carbonyl (C=O) groups excluding carboxylic acids is 3. The lowest BCUT2D eigenvalue weighted by Crippen LogP contribution is -2.29. The van der Waals surface area contributed by atoms with E-state index in [1.54, 1.807) is 30.3 Å². The van der Waals surface area contributed by atoms with E-state index in [2.05, 4.69) is 16.0 Å². The molecule has 6 heteroatoms. The maximum atomic E-state index is 12.9. The lowest BCUT2D eigenvalue weighted by Gasteiger charge is -2.21. The highest BCUT2D eigenvalue weighted by Gasteiger charge is 2.21. The van der Waals surface area contributed by atoms with Crippen LogP contribution >= 0.6 is 0 Å². The normalized spacial score (nSPS) is 14.6. The van der Waals surface area contributed by atoms with E-state index in [4.69, 9.17) is 0 Å². The molecule has 0 bridgehead atoms. The molecule has 0 radical (unpaired) electrons. The second-order valence-electron chi connectivity index (χ2n) is 7.95. The van der Waals surface area contributed by atoms with Gasteiger partial charge in [0.15, 0.2) is 0 Å². The molecule has 31 heavy (non-hydrogen) atoms. The molecule has 2 aromatic rings. The van der Waals surface area contributed by atoms with E-state index in [1.165, 1.54) is 13.3 Å². The van der Waals surface area contributed by atoms with Crippen LogP contribution in [0.1, 0.15) is 50.2 Å². The van der Waals surface area contributed by atoms with Crippen molar-refractivity contribution in [2.24, 2.45) is 5.92 Å².